The number of hydrogen-bond acceptors (Lipinski definition) is 2. The van der Waals surface area contributed by atoms with Crippen molar-refractivity contribution in [2.45, 2.75) is 0 Å². The molecule has 0 atom stereocenters. The van der Waals surface area contributed by atoms with E-state index in [9.17, 15) is 0 Å². The minimum atomic E-state index is 0.573. The normalized spacial score (nSPS) is 11.4. The summed E-state index contributed by atoms with van der Waals surface area (Å²) in [6.45, 7) is 8.19. The number of benzene rings is 9. The Hall–Kier alpha value is -8.85. The van der Waals surface area contributed by atoms with E-state index in [1.54, 1.807) is 0 Å². The van der Waals surface area contributed by atoms with E-state index in [1.807, 2.05) is 66.7 Å². The Labute approximate surface area is 370 Å². The zero-order valence-electron chi connectivity index (χ0n) is 34.6. The molecule has 3 aromatic heterocycles. The number of para-hydroxylation sites is 3. The lowest BCUT2D eigenvalue weighted by molar-refractivity contribution is 1.17. The van der Waals surface area contributed by atoms with Crippen LogP contribution >= 0.6 is 0 Å². The van der Waals surface area contributed by atoms with Crippen LogP contribution in [-0.2, 0) is 0 Å². The Morgan fingerprint density at radius 2 is 0.781 bits per heavy atom. The highest BCUT2D eigenvalue weighted by atomic mass is 15.0. The van der Waals surface area contributed by atoms with Gasteiger partial charge in [0, 0.05) is 44.0 Å². The molecule has 0 radical (unpaired) electrons. The molecule has 9 aromatic carbocycles. The topological polar surface area (TPSA) is 40.0 Å². The molecule has 0 fully saturated rings. The average Bonchev–Trinajstić information content (AvgIpc) is 3.89. The van der Waals surface area contributed by atoms with Gasteiger partial charge in [0.15, 0.2) is 11.5 Å². The van der Waals surface area contributed by atoms with Crippen LogP contribution in [0.1, 0.15) is 0 Å². The molecule has 3 heterocycles. The van der Waals surface area contributed by atoms with Gasteiger partial charge in [-0.15, -0.1) is 0 Å². The fourth-order valence-electron chi connectivity index (χ4n) is 9.32. The molecule has 0 aliphatic carbocycles. The first-order chi connectivity index (χ1) is 31.7. The first kappa shape index (κ1) is 37.0. The lowest BCUT2D eigenvalue weighted by atomic mass is 9.97. The first-order valence-corrected chi connectivity index (χ1v) is 21.4. The van der Waals surface area contributed by atoms with Crippen molar-refractivity contribution in [1.29, 1.82) is 0 Å². The van der Waals surface area contributed by atoms with E-state index in [4.69, 9.17) is 16.5 Å². The van der Waals surface area contributed by atoms with Crippen molar-refractivity contribution in [3.8, 4) is 67.5 Å². The van der Waals surface area contributed by atoms with Gasteiger partial charge < -0.3 is 9.13 Å². The van der Waals surface area contributed by atoms with E-state index in [0.29, 0.717) is 11.5 Å². The van der Waals surface area contributed by atoms with E-state index in [-0.39, 0.29) is 0 Å². The summed E-state index contributed by atoms with van der Waals surface area (Å²) in [7, 11) is 0. The fourth-order valence-corrected chi connectivity index (χ4v) is 9.32. The van der Waals surface area contributed by atoms with Gasteiger partial charge in [-0.25, -0.2) is 14.8 Å². The Balaban J connectivity index is 0.858. The highest BCUT2D eigenvalue weighted by molar-refractivity contribution is 6.12. The Kier molecular flexibility index (Phi) is 8.81. The Morgan fingerprint density at radius 3 is 1.39 bits per heavy atom. The standard InChI is InChI=1S/C59H37N5/c1-60-54-36-44(53-38-52(42-14-4-2-5-15-42)61-59(62-53)43-16-6-3-7-17-43)30-34-47(54)41-26-24-39(25-27-41)40-28-31-45(32-29-40)63-57-23-13-10-20-50(57)51-37-46(33-35-58(51)63)64-55-21-11-8-18-48(55)49-19-9-12-22-56(49)64/h2-38H. The maximum Gasteiger partial charge on any atom is 0.195 e. The second-order valence-electron chi connectivity index (χ2n) is 16.1. The molecule has 12 rings (SSSR count). The summed E-state index contributed by atoms with van der Waals surface area (Å²) in [5.41, 5.74) is 16.1. The van der Waals surface area contributed by atoms with Crippen LogP contribution in [0.15, 0.2) is 224 Å². The molecule has 5 nitrogen and oxygen atoms in total. The maximum absolute atomic E-state index is 8.19. The minimum absolute atomic E-state index is 0.573. The van der Waals surface area contributed by atoms with Crippen molar-refractivity contribution < 1.29 is 0 Å². The molecule has 64 heavy (non-hydrogen) atoms. The van der Waals surface area contributed by atoms with Gasteiger partial charge >= 0.3 is 0 Å². The first-order valence-electron chi connectivity index (χ1n) is 21.4. The molecule has 0 amide bonds. The highest BCUT2D eigenvalue weighted by Gasteiger charge is 2.17. The van der Waals surface area contributed by atoms with Gasteiger partial charge in [-0.3, -0.25) is 0 Å². The number of aromatic nitrogens is 4. The van der Waals surface area contributed by atoms with Gasteiger partial charge in [0.2, 0.25) is 0 Å². The molecule has 0 bridgehead atoms. The number of nitrogens with zero attached hydrogens (tertiary/aromatic N) is 5. The third kappa shape index (κ3) is 6.24. The van der Waals surface area contributed by atoms with Crippen LogP contribution in [0.2, 0.25) is 0 Å². The average molecular weight is 816 g/mol. The van der Waals surface area contributed by atoms with Gasteiger partial charge in [0.05, 0.1) is 40.0 Å². The van der Waals surface area contributed by atoms with Crippen molar-refractivity contribution in [3.63, 3.8) is 0 Å². The molecule has 0 aliphatic rings. The highest BCUT2D eigenvalue weighted by Crippen LogP contribution is 2.39. The molecule has 0 spiro atoms. The van der Waals surface area contributed by atoms with Crippen LogP contribution in [0.5, 0.6) is 0 Å². The molecule has 298 valence electrons. The van der Waals surface area contributed by atoms with Gasteiger partial charge in [0.25, 0.3) is 0 Å². The van der Waals surface area contributed by atoms with Crippen molar-refractivity contribution >= 4 is 49.3 Å². The van der Waals surface area contributed by atoms with Gasteiger partial charge in [-0.1, -0.05) is 164 Å². The monoisotopic (exact) mass is 815 g/mol. The molecular weight excluding hydrogens is 779 g/mol. The van der Waals surface area contributed by atoms with Crippen LogP contribution in [0, 0.1) is 6.57 Å². The minimum Gasteiger partial charge on any atom is -0.309 e. The fraction of sp³-hybridized carbons (Fsp3) is 0. The quantitative estimate of drug-likeness (QED) is 0.150. The number of hydrogen-bond donors (Lipinski definition) is 0. The van der Waals surface area contributed by atoms with E-state index < -0.39 is 0 Å². The van der Waals surface area contributed by atoms with Crippen LogP contribution in [0.3, 0.4) is 0 Å². The van der Waals surface area contributed by atoms with E-state index in [0.717, 1.165) is 67.2 Å². The third-order valence-corrected chi connectivity index (χ3v) is 12.4. The molecule has 5 heteroatoms. The Morgan fingerprint density at radius 1 is 0.328 bits per heavy atom. The number of rotatable bonds is 7. The van der Waals surface area contributed by atoms with Crippen molar-refractivity contribution in [2.75, 3.05) is 0 Å². The second-order valence-corrected chi connectivity index (χ2v) is 16.1. The van der Waals surface area contributed by atoms with Crippen LogP contribution in [0.25, 0.3) is 116 Å². The van der Waals surface area contributed by atoms with Gasteiger partial charge in [-0.2, -0.15) is 0 Å². The van der Waals surface area contributed by atoms with Gasteiger partial charge in [-0.05, 0) is 88.5 Å². The predicted octanol–water partition coefficient (Wildman–Crippen LogP) is 15.6. The predicted molar refractivity (Wildman–Crippen MR) is 264 cm³/mol. The lowest BCUT2D eigenvalue weighted by Gasteiger charge is -2.12. The zero-order valence-corrected chi connectivity index (χ0v) is 34.6. The van der Waals surface area contributed by atoms with Crippen LogP contribution in [-0.4, -0.2) is 19.1 Å². The van der Waals surface area contributed by atoms with Crippen LogP contribution < -0.4 is 0 Å². The molecule has 0 saturated carbocycles. The zero-order chi connectivity index (χ0) is 42.6. The largest absolute Gasteiger partial charge is 0.309 e. The summed E-state index contributed by atoms with van der Waals surface area (Å²) < 4.78 is 4.76. The van der Waals surface area contributed by atoms with Crippen molar-refractivity contribution in [3.05, 3.63) is 236 Å². The van der Waals surface area contributed by atoms with E-state index >= 15 is 0 Å². The summed E-state index contributed by atoms with van der Waals surface area (Å²) in [6, 6.07) is 78.4. The third-order valence-electron chi connectivity index (χ3n) is 12.4. The van der Waals surface area contributed by atoms with Gasteiger partial charge in [0.1, 0.15) is 0 Å². The van der Waals surface area contributed by atoms with Crippen molar-refractivity contribution in [1.82, 2.24) is 19.1 Å². The molecule has 0 N–H and O–H groups in total. The van der Waals surface area contributed by atoms with Crippen LogP contribution in [0.4, 0.5) is 5.69 Å². The second kappa shape index (κ2) is 15.3. The molecule has 12 aromatic rings. The molecule has 0 saturated heterocycles. The van der Waals surface area contributed by atoms with Crippen molar-refractivity contribution in [2.24, 2.45) is 0 Å². The summed E-state index contributed by atoms with van der Waals surface area (Å²) in [6.07, 6.45) is 0. The molecule has 0 unspecified atom stereocenters. The molecule has 0 aliphatic heterocycles. The summed E-state index contributed by atoms with van der Waals surface area (Å²) >= 11 is 0. The summed E-state index contributed by atoms with van der Waals surface area (Å²) in [5, 5.41) is 4.95. The summed E-state index contributed by atoms with van der Waals surface area (Å²) in [5.74, 6) is 0.647. The maximum atomic E-state index is 8.19. The van der Waals surface area contributed by atoms with E-state index in [2.05, 4.69) is 172 Å². The van der Waals surface area contributed by atoms with E-state index in [1.165, 1.54) is 38.1 Å². The lowest BCUT2D eigenvalue weighted by Crippen LogP contribution is -1.96. The summed E-state index contributed by atoms with van der Waals surface area (Å²) in [4.78, 5) is 13.9. The smallest absolute Gasteiger partial charge is 0.195 e. The molecular formula is C59H37N5. The Bertz CT molecular complexity index is 3650. The SMILES string of the molecule is [C-]#[N+]c1cc(-c2cc(-c3ccccc3)nc(-c3ccccc3)n2)ccc1-c1ccc(-c2ccc(-n3c4ccccc4c4cc(-n5c6ccccc6c6ccccc65)ccc43)cc2)cc1. The number of fused-ring (bicyclic) bond motifs is 6.